The van der Waals surface area contributed by atoms with Crippen molar-refractivity contribution in [2.75, 3.05) is 5.32 Å². The minimum atomic E-state index is -1.09. The third-order valence-corrected chi connectivity index (χ3v) is 3.08. The van der Waals surface area contributed by atoms with E-state index in [9.17, 15) is 19.7 Å². The Labute approximate surface area is 122 Å². The van der Waals surface area contributed by atoms with E-state index in [1.807, 2.05) is 0 Å². The molecule has 0 aromatic heterocycles. The van der Waals surface area contributed by atoms with Gasteiger partial charge < -0.3 is 10.4 Å². The maximum Gasteiger partial charge on any atom is 0.326 e. The van der Waals surface area contributed by atoms with Crippen molar-refractivity contribution in [3.05, 3.63) is 33.9 Å². The summed E-state index contributed by atoms with van der Waals surface area (Å²) in [5.41, 5.74) is 0.0288. The van der Waals surface area contributed by atoms with Crippen LogP contribution in [0.15, 0.2) is 18.2 Å². The molecular formula is C14H18N2O5. The number of carboxylic acid groups (broad SMARTS) is 1. The van der Waals surface area contributed by atoms with Crippen molar-refractivity contribution in [2.24, 2.45) is 5.92 Å². The summed E-state index contributed by atoms with van der Waals surface area (Å²) in [6.45, 7) is 5.07. The monoisotopic (exact) mass is 294 g/mol. The summed E-state index contributed by atoms with van der Waals surface area (Å²) >= 11 is 0. The fraction of sp³-hybridized carbons (Fsp3) is 0.429. The van der Waals surface area contributed by atoms with E-state index in [2.05, 4.69) is 5.32 Å². The Morgan fingerprint density at radius 3 is 2.43 bits per heavy atom. The van der Waals surface area contributed by atoms with Crippen molar-refractivity contribution < 1.29 is 19.6 Å². The molecule has 0 amide bonds. The van der Waals surface area contributed by atoms with E-state index in [4.69, 9.17) is 5.11 Å². The molecule has 7 nitrogen and oxygen atoms in total. The second kappa shape index (κ2) is 6.83. The summed E-state index contributed by atoms with van der Waals surface area (Å²) in [7, 11) is 0. The van der Waals surface area contributed by atoms with Gasteiger partial charge in [0.15, 0.2) is 5.78 Å². The molecule has 0 spiro atoms. The number of carbonyl (C=O) groups excluding carboxylic acids is 1. The first-order chi connectivity index (χ1) is 9.77. The van der Waals surface area contributed by atoms with Gasteiger partial charge in [-0.05, 0) is 18.1 Å². The largest absolute Gasteiger partial charge is 0.480 e. The molecule has 0 aliphatic rings. The molecule has 0 bridgehead atoms. The lowest BCUT2D eigenvalue weighted by Crippen LogP contribution is -2.34. The zero-order valence-corrected chi connectivity index (χ0v) is 12.1. The van der Waals surface area contributed by atoms with Crippen LogP contribution in [-0.4, -0.2) is 27.8 Å². The van der Waals surface area contributed by atoms with Crippen LogP contribution in [0.25, 0.3) is 0 Å². The number of ketones is 1. The van der Waals surface area contributed by atoms with E-state index in [1.54, 1.807) is 20.8 Å². The van der Waals surface area contributed by atoms with Crippen LogP contribution in [0.4, 0.5) is 11.4 Å². The molecular weight excluding hydrogens is 276 g/mol. The summed E-state index contributed by atoms with van der Waals surface area (Å²) in [5, 5.41) is 22.9. The molecule has 2 N–H and O–H groups in total. The Hall–Kier alpha value is -2.44. The Morgan fingerprint density at radius 1 is 1.38 bits per heavy atom. The Kier molecular flexibility index (Phi) is 5.40. The molecule has 0 fully saturated rings. The topological polar surface area (TPSA) is 110 Å². The Morgan fingerprint density at radius 2 is 2.00 bits per heavy atom. The molecule has 7 heteroatoms. The maximum absolute atomic E-state index is 11.6. The van der Waals surface area contributed by atoms with Gasteiger partial charge in [0.25, 0.3) is 5.69 Å². The molecule has 1 aromatic rings. The highest BCUT2D eigenvalue weighted by molar-refractivity contribution is 5.97. The number of nitro benzene ring substituents is 1. The van der Waals surface area contributed by atoms with Crippen LogP contribution in [0.5, 0.6) is 0 Å². The first-order valence-electron chi connectivity index (χ1n) is 6.58. The molecule has 0 unspecified atom stereocenters. The lowest BCUT2D eigenvalue weighted by atomic mass is 10.0. The van der Waals surface area contributed by atoms with Crippen LogP contribution in [0.3, 0.4) is 0 Å². The zero-order valence-electron chi connectivity index (χ0n) is 12.1. The van der Waals surface area contributed by atoms with Gasteiger partial charge in [-0.1, -0.05) is 20.8 Å². The number of carbonyl (C=O) groups is 2. The van der Waals surface area contributed by atoms with Crippen molar-refractivity contribution in [2.45, 2.75) is 33.2 Å². The number of aliphatic carboxylic acids is 1. The van der Waals surface area contributed by atoms with Crippen LogP contribution in [0.1, 0.15) is 37.6 Å². The number of nitrogens with one attached hydrogen (secondary N) is 1. The summed E-state index contributed by atoms with van der Waals surface area (Å²) in [6, 6.07) is 3.06. The number of carboxylic acids is 1. The average molecular weight is 294 g/mol. The third kappa shape index (κ3) is 4.01. The van der Waals surface area contributed by atoms with Gasteiger partial charge in [-0.3, -0.25) is 14.9 Å². The highest BCUT2D eigenvalue weighted by Gasteiger charge is 2.25. The standard InChI is InChI=1S/C14H18N2O5/c1-4-12(17)9-5-6-10(11(7-9)16(20)21)15-13(8(2)3)14(18)19/h5-8,13,15H,4H2,1-3H3,(H,18,19)/t13-/m1/s1. The van der Waals surface area contributed by atoms with Crippen LogP contribution in [0.2, 0.25) is 0 Å². The molecule has 1 rings (SSSR count). The van der Waals surface area contributed by atoms with E-state index in [-0.39, 0.29) is 35.1 Å². The molecule has 0 aliphatic heterocycles. The fourth-order valence-corrected chi connectivity index (χ4v) is 1.86. The molecule has 0 aliphatic carbocycles. The molecule has 114 valence electrons. The molecule has 21 heavy (non-hydrogen) atoms. The fourth-order valence-electron chi connectivity index (χ4n) is 1.86. The van der Waals surface area contributed by atoms with Crippen molar-refractivity contribution in [1.82, 2.24) is 0 Å². The van der Waals surface area contributed by atoms with Gasteiger partial charge in [0, 0.05) is 18.1 Å². The molecule has 0 heterocycles. The van der Waals surface area contributed by atoms with Crippen LogP contribution in [-0.2, 0) is 4.79 Å². The van der Waals surface area contributed by atoms with Crippen molar-refractivity contribution in [1.29, 1.82) is 0 Å². The third-order valence-electron chi connectivity index (χ3n) is 3.08. The van der Waals surface area contributed by atoms with E-state index in [1.165, 1.54) is 18.2 Å². The number of anilines is 1. The van der Waals surface area contributed by atoms with E-state index in [0.29, 0.717) is 0 Å². The van der Waals surface area contributed by atoms with E-state index < -0.39 is 16.9 Å². The predicted molar refractivity (Wildman–Crippen MR) is 77.6 cm³/mol. The summed E-state index contributed by atoms with van der Waals surface area (Å²) in [6.07, 6.45) is 0.244. The lowest BCUT2D eigenvalue weighted by Gasteiger charge is -2.19. The highest BCUT2D eigenvalue weighted by atomic mass is 16.6. The number of Topliss-reactive ketones (excluding diaryl/α,β-unsaturated/α-hetero) is 1. The second-order valence-electron chi connectivity index (χ2n) is 4.97. The minimum Gasteiger partial charge on any atom is -0.480 e. The highest BCUT2D eigenvalue weighted by Crippen LogP contribution is 2.27. The van der Waals surface area contributed by atoms with Gasteiger partial charge in [-0.25, -0.2) is 4.79 Å². The quantitative estimate of drug-likeness (QED) is 0.454. The first-order valence-corrected chi connectivity index (χ1v) is 6.58. The number of rotatable bonds is 7. The van der Waals surface area contributed by atoms with Crippen molar-refractivity contribution >= 4 is 23.1 Å². The summed E-state index contributed by atoms with van der Waals surface area (Å²) in [5.74, 6) is -1.55. The van der Waals surface area contributed by atoms with Crippen molar-refractivity contribution in [3.63, 3.8) is 0 Å². The summed E-state index contributed by atoms with van der Waals surface area (Å²) < 4.78 is 0. The van der Waals surface area contributed by atoms with Crippen LogP contribution < -0.4 is 5.32 Å². The van der Waals surface area contributed by atoms with Crippen molar-refractivity contribution in [3.8, 4) is 0 Å². The predicted octanol–water partition coefficient (Wildman–Crippen LogP) is 2.71. The van der Waals surface area contributed by atoms with E-state index in [0.717, 1.165) is 0 Å². The zero-order chi connectivity index (χ0) is 16.2. The normalized spacial score (nSPS) is 12.0. The Bertz CT molecular complexity index is 568. The number of hydrogen-bond donors (Lipinski definition) is 2. The number of nitrogens with zero attached hydrogens (tertiary/aromatic N) is 1. The summed E-state index contributed by atoms with van der Waals surface area (Å²) in [4.78, 5) is 33.2. The lowest BCUT2D eigenvalue weighted by molar-refractivity contribution is -0.384. The number of nitro groups is 1. The molecule has 0 radical (unpaired) electrons. The maximum atomic E-state index is 11.6. The van der Waals surface area contributed by atoms with Gasteiger partial charge in [0.05, 0.1) is 4.92 Å². The minimum absolute atomic E-state index is 0.0914. The molecule has 1 aromatic carbocycles. The first kappa shape index (κ1) is 16.6. The van der Waals surface area contributed by atoms with Gasteiger partial charge in [0.2, 0.25) is 0 Å². The smallest absolute Gasteiger partial charge is 0.326 e. The van der Waals surface area contributed by atoms with Gasteiger partial charge >= 0.3 is 5.97 Å². The molecule has 0 saturated heterocycles. The average Bonchev–Trinajstić information content (AvgIpc) is 2.42. The van der Waals surface area contributed by atoms with Gasteiger partial charge in [-0.15, -0.1) is 0 Å². The van der Waals surface area contributed by atoms with Gasteiger partial charge in [-0.2, -0.15) is 0 Å². The number of hydrogen-bond acceptors (Lipinski definition) is 5. The SMILES string of the molecule is CCC(=O)c1ccc(N[C@@H](C(=O)O)C(C)C)c([N+](=O)[O-])c1. The number of benzene rings is 1. The Balaban J connectivity index is 3.21. The van der Waals surface area contributed by atoms with E-state index >= 15 is 0 Å². The van der Waals surface area contributed by atoms with Crippen LogP contribution in [0, 0.1) is 16.0 Å². The second-order valence-corrected chi connectivity index (χ2v) is 4.97. The van der Waals surface area contributed by atoms with Crippen LogP contribution >= 0.6 is 0 Å². The molecule has 0 saturated carbocycles. The van der Waals surface area contributed by atoms with Gasteiger partial charge in [0.1, 0.15) is 11.7 Å². The molecule has 1 atom stereocenters.